The summed E-state index contributed by atoms with van der Waals surface area (Å²) in [4.78, 5) is 64.0. The summed E-state index contributed by atoms with van der Waals surface area (Å²) in [7, 11) is -14.9. The molecule has 0 bridgehead atoms. The first-order valence-electron chi connectivity index (χ1n) is 13.8. The van der Waals surface area contributed by atoms with Crippen molar-refractivity contribution in [1.82, 2.24) is 15.3 Å². The number of ether oxygens (including phenoxy) is 1. The fraction of sp³-hybridized carbons (Fsp3) is 0.739. The summed E-state index contributed by atoms with van der Waals surface area (Å²) in [6.07, 6.45) is -7.00. The average Bonchev–Trinajstić information content (AvgIpc) is 3.22. The number of carbonyl (C=O) groups is 1. The Bertz CT molecular complexity index is 1410. The van der Waals surface area contributed by atoms with Gasteiger partial charge in [-0.05, 0) is 18.6 Å². The highest BCUT2D eigenvalue weighted by molar-refractivity contribution is 7.61. The zero-order chi connectivity index (χ0) is 36.2. The number of nitrogens with two attached hydrogens (primary N) is 1. The van der Waals surface area contributed by atoms with Gasteiger partial charge in [0.25, 0.3) is 0 Å². The summed E-state index contributed by atoms with van der Waals surface area (Å²) in [6.45, 7) is 10.3. The number of aliphatic hydroxyl groups is 2. The highest BCUT2D eigenvalue weighted by Crippen LogP contribution is 2.61. The maximum atomic E-state index is 12.6. The van der Waals surface area contributed by atoms with Crippen LogP contribution in [0.15, 0.2) is 11.3 Å². The van der Waals surface area contributed by atoms with Crippen molar-refractivity contribution in [2.75, 3.05) is 37.4 Å². The van der Waals surface area contributed by atoms with Crippen molar-refractivity contribution in [3.63, 3.8) is 0 Å². The Kier molecular flexibility index (Phi) is 13.8. The number of anilines is 2. The Morgan fingerprint density at radius 1 is 1.15 bits per heavy atom. The van der Waals surface area contributed by atoms with Gasteiger partial charge in [-0.25, -0.2) is 23.7 Å². The first-order valence-corrected chi connectivity index (χ1v) is 18.3. The van der Waals surface area contributed by atoms with Gasteiger partial charge >= 0.3 is 23.5 Å². The number of likely N-dealkylation sites (N-methyl/N-ethyl adjacent to an activating group) is 1. The maximum Gasteiger partial charge on any atom is 0.481 e. The van der Waals surface area contributed by atoms with E-state index < -0.39 is 78.6 Å². The fourth-order valence-electron chi connectivity index (χ4n) is 4.06. The van der Waals surface area contributed by atoms with E-state index in [1.54, 1.807) is 0 Å². The monoisotopic (exact) mass is 736 g/mol. The van der Waals surface area contributed by atoms with Crippen molar-refractivity contribution in [3.8, 4) is 0 Å². The van der Waals surface area contributed by atoms with Crippen molar-refractivity contribution < 1.29 is 70.9 Å². The molecule has 1 aliphatic heterocycles. The minimum Gasteiger partial charge on any atom is -0.386 e. The van der Waals surface area contributed by atoms with Gasteiger partial charge in [-0.1, -0.05) is 34.6 Å². The topological polar surface area (TPSA) is 315 Å². The Morgan fingerprint density at radius 3 is 2.30 bits per heavy atom. The van der Waals surface area contributed by atoms with E-state index in [0.717, 1.165) is 11.2 Å². The van der Waals surface area contributed by atoms with Gasteiger partial charge in [0.2, 0.25) is 5.91 Å². The van der Waals surface area contributed by atoms with Crippen LogP contribution < -0.4 is 16.0 Å². The molecule has 1 aromatic rings. The van der Waals surface area contributed by atoms with Crippen LogP contribution in [0.2, 0.25) is 0 Å². The molecule has 1 aromatic heterocycles. The largest absolute Gasteiger partial charge is 0.481 e. The van der Waals surface area contributed by atoms with E-state index in [0.29, 0.717) is 6.42 Å². The zero-order valence-electron chi connectivity index (χ0n) is 26.6. The van der Waals surface area contributed by atoms with E-state index in [-0.39, 0.29) is 29.3 Å². The molecule has 7 atom stereocenters. The normalized spacial score (nSPS) is 23.8. The maximum absolute atomic E-state index is 12.6. The molecule has 0 aliphatic carbocycles. The van der Waals surface area contributed by atoms with Crippen molar-refractivity contribution in [3.05, 3.63) is 6.33 Å². The molecule has 1 amide bonds. The molecular formula is C23H43N6O15P3. The van der Waals surface area contributed by atoms with E-state index >= 15 is 0 Å². The molecule has 2 rings (SSSR count). The van der Waals surface area contributed by atoms with Crippen LogP contribution in [0.3, 0.4) is 0 Å². The molecule has 1 saturated heterocycles. The molecule has 47 heavy (non-hydrogen) atoms. The minimum atomic E-state index is -5.51. The number of hydrogen-bond donors (Lipinski definition) is 8. The molecule has 1 fully saturated rings. The van der Waals surface area contributed by atoms with Crippen LogP contribution in [-0.4, -0.2) is 110 Å². The second-order valence-electron chi connectivity index (χ2n) is 12.4. The highest BCUT2D eigenvalue weighted by Gasteiger charge is 2.51. The van der Waals surface area contributed by atoms with Crippen LogP contribution in [0.4, 0.5) is 17.3 Å². The molecule has 24 heteroatoms. The van der Waals surface area contributed by atoms with Gasteiger partial charge in [-0.3, -0.25) is 23.4 Å². The fourth-order valence-corrected chi connectivity index (χ4v) is 6.89. The Morgan fingerprint density at radius 2 is 1.74 bits per heavy atom. The van der Waals surface area contributed by atoms with Crippen LogP contribution >= 0.6 is 23.5 Å². The SMILES string of the molecule is C=Nc1c(N)ncnc1N(C)C1OC(COP(=O)(O)OP(=O)(O)OCC(C)(C)C(O)C(=O)NCCC(C)(C)C)C(OP(=O)(O)O)C1O. The second kappa shape index (κ2) is 15.7. The van der Waals surface area contributed by atoms with Crippen molar-refractivity contribution >= 4 is 53.4 Å². The number of nitrogens with zero attached hydrogens (tertiary/aromatic N) is 4. The first kappa shape index (κ1) is 41.2. The number of aliphatic hydroxyl groups excluding tert-OH is 2. The Labute approximate surface area is 270 Å². The number of amides is 1. The number of aromatic nitrogens is 2. The number of nitrogens with one attached hydrogen (secondary N) is 1. The smallest absolute Gasteiger partial charge is 0.386 e. The minimum absolute atomic E-state index is 0.0261. The second-order valence-corrected chi connectivity index (χ2v) is 16.6. The van der Waals surface area contributed by atoms with E-state index in [4.69, 9.17) is 19.5 Å². The third kappa shape index (κ3) is 12.5. The lowest BCUT2D eigenvalue weighted by Crippen LogP contribution is -2.46. The molecule has 0 radical (unpaired) electrons. The summed E-state index contributed by atoms with van der Waals surface area (Å²) in [6, 6.07) is 0. The van der Waals surface area contributed by atoms with Crippen LogP contribution in [0.5, 0.6) is 0 Å². The number of phosphoric ester groups is 3. The zero-order valence-corrected chi connectivity index (χ0v) is 29.2. The highest BCUT2D eigenvalue weighted by atomic mass is 31.3. The van der Waals surface area contributed by atoms with Gasteiger partial charge in [-0.15, -0.1) is 0 Å². The average molecular weight is 737 g/mol. The lowest BCUT2D eigenvalue weighted by atomic mass is 9.87. The van der Waals surface area contributed by atoms with Gasteiger partial charge in [0, 0.05) is 19.0 Å². The lowest BCUT2D eigenvalue weighted by molar-refractivity contribution is -0.137. The van der Waals surface area contributed by atoms with E-state index in [2.05, 4.69) is 35.8 Å². The number of phosphoric acid groups is 3. The molecule has 0 saturated carbocycles. The molecule has 0 aromatic carbocycles. The molecule has 7 unspecified atom stereocenters. The predicted octanol–water partition coefficient (Wildman–Crippen LogP) is 0.581. The predicted molar refractivity (Wildman–Crippen MR) is 165 cm³/mol. The van der Waals surface area contributed by atoms with Gasteiger partial charge in [0.1, 0.15) is 36.4 Å². The van der Waals surface area contributed by atoms with Crippen LogP contribution in [0.25, 0.3) is 0 Å². The molecule has 2 heterocycles. The van der Waals surface area contributed by atoms with Crippen molar-refractivity contribution in [2.45, 2.75) is 71.7 Å². The van der Waals surface area contributed by atoms with E-state index in [9.17, 15) is 48.3 Å². The number of carbonyl (C=O) groups excluding carboxylic acids is 1. The van der Waals surface area contributed by atoms with Crippen LogP contribution in [-0.2, 0) is 41.1 Å². The number of rotatable bonds is 17. The van der Waals surface area contributed by atoms with Gasteiger partial charge in [0.05, 0.1) is 13.2 Å². The first-order chi connectivity index (χ1) is 21.3. The summed E-state index contributed by atoms with van der Waals surface area (Å²) >= 11 is 0. The van der Waals surface area contributed by atoms with Gasteiger partial charge in [-0.2, -0.15) is 4.31 Å². The molecule has 0 spiro atoms. The third-order valence-corrected chi connectivity index (χ3v) is 9.74. The van der Waals surface area contributed by atoms with Gasteiger partial charge < -0.3 is 50.5 Å². The molecule has 1 aliphatic rings. The number of aliphatic imine (C=N–C) groups is 1. The molecule has 21 nitrogen and oxygen atoms in total. The Balaban J connectivity index is 2.10. The molecular weight excluding hydrogens is 693 g/mol. The summed E-state index contributed by atoms with van der Waals surface area (Å²) in [5.74, 6) is -0.904. The number of nitrogen functional groups attached to an aromatic ring is 1. The Hall–Kier alpha value is -1.93. The lowest BCUT2D eigenvalue weighted by Gasteiger charge is -2.30. The van der Waals surface area contributed by atoms with Crippen molar-refractivity contribution in [2.24, 2.45) is 15.8 Å². The number of hydrogen-bond acceptors (Lipinski definition) is 16. The quantitative estimate of drug-likeness (QED) is 0.0801. The summed E-state index contributed by atoms with van der Waals surface area (Å²) < 4.78 is 60.8. The van der Waals surface area contributed by atoms with Crippen molar-refractivity contribution in [1.29, 1.82) is 0 Å². The summed E-state index contributed by atoms with van der Waals surface area (Å²) in [5, 5.41) is 23.9. The molecule has 9 N–H and O–H groups in total. The summed E-state index contributed by atoms with van der Waals surface area (Å²) in [5.41, 5.74) is 4.17. The van der Waals surface area contributed by atoms with Crippen LogP contribution in [0.1, 0.15) is 41.0 Å². The van der Waals surface area contributed by atoms with E-state index in [1.807, 2.05) is 20.8 Å². The third-order valence-electron chi connectivity index (χ3n) is 6.64. The standard InChI is InChI=1S/C23H43N6O15P3/c1-22(2,3)8-9-26-20(32)17(31)23(4,5)11-41-47(38,39)44-46(36,37)40-10-13-16(43-45(33,34)35)15(30)21(42-13)29(7)19-14(25-6)18(24)27-12-28-19/h12-13,15-17,21,30-31H,6,8-11H2,1-5,7H3,(H,26,32)(H,36,37)(H,38,39)(H2,24,27,28)(H2,33,34,35). The van der Waals surface area contributed by atoms with Gasteiger partial charge in [0.15, 0.2) is 17.9 Å². The molecule has 270 valence electrons. The van der Waals surface area contributed by atoms with Crippen LogP contribution in [0, 0.1) is 10.8 Å². The van der Waals surface area contributed by atoms with E-state index in [1.165, 1.54) is 20.9 Å².